The highest BCUT2D eigenvalue weighted by molar-refractivity contribution is 5.81. The Labute approximate surface area is 144 Å². The molecule has 1 aliphatic rings. The van der Waals surface area contributed by atoms with Crippen LogP contribution >= 0.6 is 0 Å². The highest BCUT2D eigenvalue weighted by Gasteiger charge is 2.23. The molecule has 0 aliphatic carbocycles. The first-order valence-electron chi connectivity index (χ1n) is 8.72. The van der Waals surface area contributed by atoms with Crippen LogP contribution in [0.25, 0.3) is 0 Å². The molecule has 2 amide bonds. The number of nitrogens with one attached hydrogen (secondary N) is 2. The molecule has 1 fully saturated rings. The zero-order chi connectivity index (χ0) is 17.9. The zero-order valence-corrected chi connectivity index (χ0v) is 15.3. The minimum Gasteiger partial charge on any atom is -0.450 e. The van der Waals surface area contributed by atoms with Gasteiger partial charge in [-0.3, -0.25) is 9.79 Å². The molecule has 0 saturated carbocycles. The number of rotatable bonds is 6. The number of piperazine rings is 1. The molecule has 8 heteroatoms. The minimum absolute atomic E-state index is 0.0109. The maximum absolute atomic E-state index is 11.7. The molecule has 2 N–H and O–H groups in total. The molecule has 8 nitrogen and oxygen atoms in total. The smallest absolute Gasteiger partial charge is 0.409 e. The number of carbonyl (C=O) groups excluding carboxylic acids is 2. The van der Waals surface area contributed by atoms with E-state index in [2.05, 4.69) is 20.5 Å². The molecular weight excluding hydrogens is 310 g/mol. The van der Waals surface area contributed by atoms with Gasteiger partial charge in [-0.2, -0.15) is 0 Å². The first-order chi connectivity index (χ1) is 11.5. The van der Waals surface area contributed by atoms with Crippen LogP contribution in [0, 0.1) is 0 Å². The second-order valence-electron chi connectivity index (χ2n) is 5.88. The Kier molecular flexibility index (Phi) is 8.96. The standard InChI is InChI=1S/C16H31N5O3/c1-5-17-15(18-8-7-14(22)19-13(3)4)20-9-11-21(12-10-20)16(23)24-6-2/h13H,5-12H2,1-4H3,(H,17,18)(H,19,22). The van der Waals surface area contributed by atoms with Crippen molar-refractivity contribution in [1.82, 2.24) is 20.4 Å². The summed E-state index contributed by atoms with van der Waals surface area (Å²) in [5.41, 5.74) is 0. The van der Waals surface area contributed by atoms with Gasteiger partial charge in [0.15, 0.2) is 5.96 Å². The minimum atomic E-state index is -0.260. The SMILES string of the molecule is CCNC(=NCCC(=O)NC(C)C)N1CCN(C(=O)OCC)CC1. The van der Waals surface area contributed by atoms with Crippen molar-refractivity contribution in [2.75, 3.05) is 45.9 Å². The van der Waals surface area contributed by atoms with E-state index in [4.69, 9.17) is 4.74 Å². The van der Waals surface area contributed by atoms with Crippen molar-refractivity contribution in [1.29, 1.82) is 0 Å². The van der Waals surface area contributed by atoms with Crippen molar-refractivity contribution in [3.05, 3.63) is 0 Å². The van der Waals surface area contributed by atoms with Gasteiger partial charge in [0, 0.05) is 45.2 Å². The molecule has 0 aromatic carbocycles. The molecule has 1 aliphatic heterocycles. The van der Waals surface area contributed by atoms with Crippen LogP contribution in [0.5, 0.6) is 0 Å². The highest BCUT2D eigenvalue weighted by Crippen LogP contribution is 2.04. The van der Waals surface area contributed by atoms with Crippen molar-refractivity contribution in [3.8, 4) is 0 Å². The van der Waals surface area contributed by atoms with Gasteiger partial charge in [0.25, 0.3) is 0 Å². The zero-order valence-electron chi connectivity index (χ0n) is 15.3. The summed E-state index contributed by atoms with van der Waals surface area (Å²) in [6, 6.07) is 0.144. The lowest BCUT2D eigenvalue weighted by Gasteiger charge is -2.35. The number of hydrogen-bond donors (Lipinski definition) is 2. The Hall–Kier alpha value is -1.99. The fourth-order valence-electron chi connectivity index (χ4n) is 2.40. The van der Waals surface area contributed by atoms with Gasteiger partial charge in [-0.15, -0.1) is 0 Å². The van der Waals surface area contributed by atoms with Gasteiger partial charge >= 0.3 is 6.09 Å². The summed E-state index contributed by atoms with van der Waals surface area (Å²) in [7, 11) is 0. The van der Waals surface area contributed by atoms with Crippen molar-refractivity contribution in [2.45, 2.75) is 40.2 Å². The topological polar surface area (TPSA) is 86.3 Å². The lowest BCUT2D eigenvalue weighted by atomic mass is 10.3. The summed E-state index contributed by atoms with van der Waals surface area (Å²) < 4.78 is 5.03. The number of amides is 2. The molecule has 1 heterocycles. The fraction of sp³-hybridized carbons (Fsp3) is 0.812. The fourth-order valence-corrected chi connectivity index (χ4v) is 2.40. The van der Waals surface area contributed by atoms with Gasteiger partial charge in [-0.05, 0) is 27.7 Å². The summed E-state index contributed by atoms with van der Waals surface area (Å²) in [6.45, 7) is 11.9. The first-order valence-corrected chi connectivity index (χ1v) is 8.72. The van der Waals surface area contributed by atoms with Crippen molar-refractivity contribution in [2.24, 2.45) is 4.99 Å². The Morgan fingerprint density at radius 1 is 1.12 bits per heavy atom. The van der Waals surface area contributed by atoms with Gasteiger partial charge in [0.05, 0.1) is 13.2 Å². The quantitative estimate of drug-likeness (QED) is 0.547. The Morgan fingerprint density at radius 2 is 1.75 bits per heavy atom. The van der Waals surface area contributed by atoms with Crippen LogP contribution in [0.1, 0.15) is 34.1 Å². The lowest BCUT2D eigenvalue weighted by Crippen LogP contribution is -2.54. The summed E-state index contributed by atoms with van der Waals surface area (Å²) in [5, 5.41) is 6.10. The molecule has 0 spiro atoms. The van der Waals surface area contributed by atoms with E-state index in [1.807, 2.05) is 20.8 Å². The number of nitrogens with zero attached hydrogens (tertiary/aromatic N) is 3. The van der Waals surface area contributed by atoms with Crippen molar-refractivity contribution >= 4 is 18.0 Å². The average Bonchev–Trinajstić information content (AvgIpc) is 2.54. The lowest BCUT2D eigenvalue weighted by molar-refractivity contribution is -0.121. The molecule has 0 aromatic heterocycles. The predicted molar refractivity (Wildman–Crippen MR) is 94.0 cm³/mol. The van der Waals surface area contributed by atoms with Crippen LogP contribution in [0.3, 0.4) is 0 Å². The molecule has 0 atom stereocenters. The molecular formula is C16H31N5O3. The average molecular weight is 341 g/mol. The Morgan fingerprint density at radius 3 is 2.29 bits per heavy atom. The van der Waals surface area contributed by atoms with E-state index in [1.54, 1.807) is 11.8 Å². The van der Waals surface area contributed by atoms with Gasteiger partial charge in [0.2, 0.25) is 5.91 Å². The Bertz CT molecular complexity index is 431. The van der Waals surface area contributed by atoms with Gasteiger partial charge in [-0.1, -0.05) is 0 Å². The summed E-state index contributed by atoms with van der Waals surface area (Å²) in [4.78, 5) is 31.8. The molecule has 24 heavy (non-hydrogen) atoms. The monoisotopic (exact) mass is 341 g/mol. The summed E-state index contributed by atoms with van der Waals surface area (Å²) in [6.07, 6.45) is 0.111. The maximum Gasteiger partial charge on any atom is 0.409 e. The second kappa shape index (κ2) is 10.7. The Balaban J connectivity index is 2.49. The van der Waals surface area contributed by atoms with Crippen molar-refractivity contribution in [3.63, 3.8) is 0 Å². The van der Waals surface area contributed by atoms with Crippen molar-refractivity contribution < 1.29 is 14.3 Å². The van der Waals surface area contributed by atoms with Gasteiger partial charge in [-0.25, -0.2) is 4.79 Å². The number of carbonyl (C=O) groups is 2. The van der Waals surface area contributed by atoms with E-state index < -0.39 is 0 Å². The highest BCUT2D eigenvalue weighted by atomic mass is 16.6. The number of hydrogen-bond acceptors (Lipinski definition) is 4. The van der Waals surface area contributed by atoms with Crippen LogP contribution in [-0.4, -0.2) is 79.7 Å². The molecule has 1 saturated heterocycles. The van der Waals surface area contributed by atoms with Crippen LogP contribution in [-0.2, 0) is 9.53 Å². The third-order valence-electron chi connectivity index (χ3n) is 3.49. The predicted octanol–water partition coefficient (Wildman–Crippen LogP) is 0.641. The molecule has 0 bridgehead atoms. The largest absolute Gasteiger partial charge is 0.450 e. The van der Waals surface area contributed by atoms with Crippen LogP contribution < -0.4 is 10.6 Å². The number of ether oxygens (including phenoxy) is 1. The third-order valence-corrected chi connectivity index (χ3v) is 3.49. The molecule has 0 radical (unpaired) electrons. The number of guanidine groups is 1. The van der Waals surface area contributed by atoms with Crippen LogP contribution in [0.4, 0.5) is 4.79 Å². The summed E-state index contributed by atoms with van der Waals surface area (Å²) in [5.74, 6) is 0.801. The van der Waals surface area contributed by atoms with E-state index in [-0.39, 0.29) is 18.0 Å². The maximum atomic E-state index is 11.7. The first kappa shape index (κ1) is 20.1. The van der Waals surface area contributed by atoms with E-state index in [0.29, 0.717) is 45.8 Å². The summed E-state index contributed by atoms with van der Waals surface area (Å²) >= 11 is 0. The van der Waals surface area contributed by atoms with Gasteiger partial charge in [0.1, 0.15) is 0 Å². The van der Waals surface area contributed by atoms with E-state index in [0.717, 1.165) is 12.5 Å². The molecule has 0 aromatic rings. The van der Waals surface area contributed by atoms with Crippen LogP contribution in [0.15, 0.2) is 4.99 Å². The second-order valence-corrected chi connectivity index (χ2v) is 5.88. The number of aliphatic imine (C=N–C) groups is 1. The molecule has 0 unspecified atom stereocenters. The third kappa shape index (κ3) is 7.06. The van der Waals surface area contributed by atoms with E-state index in [1.165, 1.54) is 0 Å². The van der Waals surface area contributed by atoms with E-state index in [9.17, 15) is 9.59 Å². The van der Waals surface area contributed by atoms with Crippen LogP contribution in [0.2, 0.25) is 0 Å². The van der Waals surface area contributed by atoms with E-state index >= 15 is 0 Å². The molecule has 1 rings (SSSR count). The van der Waals surface area contributed by atoms with Gasteiger partial charge < -0.3 is 25.2 Å². The normalized spacial score (nSPS) is 15.5. The molecule has 138 valence electrons.